The molecule has 0 aromatic heterocycles. The number of halogens is 6. The van der Waals surface area contributed by atoms with Gasteiger partial charge in [0, 0.05) is 0 Å². The highest BCUT2D eigenvalue weighted by atomic mass is 32.2. The van der Waals surface area contributed by atoms with Crippen LogP contribution in [0.1, 0.15) is 13.3 Å². The molecule has 0 heterocycles. The van der Waals surface area contributed by atoms with Crippen molar-refractivity contribution in [3.05, 3.63) is 91.0 Å². The molecule has 0 aliphatic carbocycles. The number of aliphatic hydroxyl groups excluding tert-OH is 1. The van der Waals surface area contributed by atoms with E-state index >= 15 is 0 Å². The summed E-state index contributed by atoms with van der Waals surface area (Å²) in [5, 5.41) is 18.8. The van der Waals surface area contributed by atoms with E-state index in [1.54, 1.807) is 0 Å². The van der Waals surface area contributed by atoms with Crippen molar-refractivity contribution < 1.29 is 41.4 Å². The van der Waals surface area contributed by atoms with Gasteiger partial charge in [0.1, 0.15) is 0 Å². The summed E-state index contributed by atoms with van der Waals surface area (Å²) in [6, 6.07) is 32.2. The Labute approximate surface area is 201 Å². The molecule has 0 spiro atoms. The number of aliphatic carboxylic acids is 1. The number of alkyl halides is 6. The Balaban J connectivity index is 0.000000252. The number of carbonyl (C=O) groups excluding carboxylic acids is 1. The maximum atomic E-state index is 13.2. The molecule has 0 bridgehead atoms. The van der Waals surface area contributed by atoms with Crippen LogP contribution < -0.4 is 5.11 Å². The molecule has 3 rings (SSSR count). The van der Waals surface area contributed by atoms with Crippen LogP contribution in [0.4, 0.5) is 26.3 Å². The van der Waals surface area contributed by atoms with E-state index in [1.165, 1.54) is 14.7 Å². The smallest absolute Gasteiger partial charge is 0.457 e. The molecule has 0 radical (unpaired) electrons. The first-order valence-electron chi connectivity index (χ1n) is 10.3. The SMILES string of the molecule is CCC(O)C(F)(C(=O)[O-])C(F)(F)C(F)(F)F.c1ccc([S+](c2ccccc2)c2ccccc2)cc1. The molecule has 0 aliphatic rings. The zero-order valence-corrected chi connectivity index (χ0v) is 19.2. The van der Waals surface area contributed by atoms with E-state index in [9.17, 15) is 36.2 Å². The van der Waals surface area contributed by atoms with Crippen LogP contribution in [0.2, 0.25) is 0 Å². The van der Waals surface area contributed by atoms with E-state index in [-0.39, 0.29) is 10.9 Å². The zero-order valence-electron chi connectivity index (χ0n) is 18.4. The van der Waals surface area contributed by atoms with Gasteiger partial charge < -0.3 is 15.0 Å². The maximum absolute atomic E-state index is 13.2. The molecule has 0 saturated heterocycles. The molecular weight excluding hydrogens is 494 g/mol. The number of carboxylic acid groups (broad SMARTS) is 1. The fourth-order valence-electron chi connectivity index (χ4n) is 3.04. The van der Waals surface area contributed by atoms with Crippen molar-refractivity contribution in [1.29, 1.82) is 0 Å². The van der Waals surface area contributed by atoms with Crippen molar-refractivity contribution in [3.63, 3.8) is 0 Å². The Kier molecular flexibility index (Phi) is 9.39. The molecule has 0 amide bonds. The average molecular weight is 517 g/mol. The van der Waals surface area contributed by atoms with E-state index in [0.29, 0.717) is 0 Å². The minimum atomic E-state index is -6.45. The summed E-state index contributed by atoms with van der Waals surface area (Å²) in [5.41, 5.74) is -5.21. The molecule has 3 aromatic rings. The predicted molar refractivity (Wildman–Crippen MR) is 118 cm³/mol. The fourth-order valence-corrected chi connectivity index (χ4v) is 5.14. The van der Waals surface area contributed by atoms with E-state index in [4.69, 9.17) is 5.11 Å². The normalized spacial score (nSPS) is 14.4. The van der Waals surface area contributed by atoms with Crippen LogP contribution in [0.3, 0.4) is 0 Å². The van der Waals surface area contributed by atoms with Crippen molar-refractivity contribution in [3.8, 4) is 0 Å². The van der Waals surface area contributed by atoms with Crippen molar-refractivity contribution in [1.82, 2.24) is 0 Å². The summed E-state index contributed by atoms with van der Waals surface area (Å²) in [7, 11) is -0.0146. The van der Waals surface area contributed by atoms with Crippen LogP contribution in [0.25, 0.3) is 0 Å². The third kappa shape index (κ3) is 6.18. The van der Waals surface area contributed by atoms with Gasteiger partial charge in [0.2, 0.25) is 5.67 Å². The van der Waals surface area contributed by atoms with Crippen LogP contribution in [0, 0.1) is 0 Å². The molecule has 35 heavy (non-hydrogen) atoms. The van der Waals surface area contributed by atoms with E-state index < -0.39 is 36.3 Å². The topological polar surface area (TPSA) is 60.4 Å². The lowest BCUT2D eigenvalue weighted by Gasteiger charge is -2.37. The van der Waals surface area contributed by atoms with Crippen molar-refractivity contribution >= 4 is 16.9 Å². The van der Waals surface area contributed by atoms with Crippen molar-refractivity contribution in [2.24, 2.45) is 0 Å². The molecule has 0 aliphatic heterocycles. The number of carboxylic acids is 1. The van der Waals surface area contributed by atoms with E-state index in [0.717, 1.165) is 6.92 Å². The van der Waals surface area contributed by atoms with Gasteiger partial charge in [-0.2, -0.15) is 22.0 Å². The molecule has 3 aromatic carbocycles. The summed E-state index contributed by atoms with van der Waals surface area (Å²) in [5.74, 6) is -9.56. The monoisotopic (exact) mass is 516 g/mol. The zero-order chi connectivity index (χ0) is 26.3. The van der Waals surface area contributed by atoms with E-state index in [1.807, 2.05) is 0 Å². The summed E-state index contributed by atoms with van der Waals surface area (Å²) in [4.78, 5) is 14.2. The van der Waals surface area contributed by atoms with Crippen LogP contribution in [0.15, 0.2) is 106 Å². The van der Waals surface area contributed by atoms with Gasteiger partial charge in [-0.05, 0) is 42.8 Å². The fraction of sp³-hybridized carbons (Fsp3) is 0.240. The summed E-state index contributed by atoms with van der Waals surface area (Å²) >= 11 is 0. The third-order valence-corrected chi connectivity index (χ3v) is 7.12. The van der Waals surface area contributed by atoms with Gasteiger partial charge in [0.05, 0.1) is 23.0 Å². The van der Waals surface area contributed by atoms with Gasteiger partial charge in [-0.15, -0.1) is 0 Å². The van der Waals surface area contributed by atoms with Gasteiger partial charge in [0.15, 0.2) is 14.7 Å². The highest BCUT2D eigenvalue weighted by molar-refractivity contribution is 7.97. The molecule has 2 unspecified atom stereocenters. The highest BCUT2D eigenvalue weighted by Gasteiger charge is 2.74. The second-order valence-corrected chi connectivity index (χ2v) is 9.27. The minimum absolute atomic E-state index is 0.0146. The van der Waals surface area contributed by atoms with Gasteiger partial charge >= 0.3 is 12.1 Å². The number of hydrogen-bond donors (Lipinski definition) is 1. The summed E-state index contributed by atoms with van der Waals surface area (Å²) in [6.07, 6.45) is -10.4. The predicted octanol–water partition coefficient (Wildman–Crippen LogP) is 5.20. The largest absolute Gasteiger partial charge is 0.546 e. The van der Waals surface area contributed by atoms with Gasteiger partial charge in [-0.3, -0.25) is 0 Å². The second-order valence-electron chi connectivity index (χ2n) is 7.24. The van der Waals surface area contributed by atoms with Crippen LogP contribution in [-0.2, 0) is 15.7 Å². The summed E-state index contributed by atoms with van der Waals surface area (Å²) < 4.78 is 73.8. The Morgan fingerprint density at radius 3 is 1.31 bits per heavy atom. The lowest BCUT2D eigenvalue weighted by molar-refractivity contribution is -0.376. The van der Waals surface area contributed by atoms with Crippen molar-refractivity contribution in [2.75, 3.05) is 0 Å². The molecule has 10 heteroatoms. The average Bonchev–Trinajstić information content (AvgIpc) is 2.84. The molecule has 3 nitrogen and oxygen atoms in total. The molecule has 0 saturated carbocycles. The minimum Gasteiger partial charge on any atom is -0.546 e. The molecule has 2 atom stereocenters. The third-order valence-electron chi connectivity index (χ3n) is 4.89. The first kappa shape index (κ1) is 28.3. The molecule has 0 fully saturated rings. The standard InChI is InChI=1S/C18H15S.C7H8F6O3/c1-4-10-16(11-5-1)19(17-12-6-2-7-13-17)18-14-8-3-9-15-18;1-2-3(14)5(8,4(15)16)6(9,10)7(11,12)13/h1-15H;3,14H,2H2,1H3,(H,15,16)/q+1;/p-1. The Morgan fingerprint density at radius 2 is 1.09 bits per heavy atom. The van der Waals surface area contributed by atoms with E-state index in [2.05, 4.69) is 91.0 Å². The highest BCUT2D eigenvalue weighted by Crippen LogP contribution is 2.47. The van der Waals surface area contributed by atoms with Crippen LogP contribution in [-0.4, -0.2) is 34.9 Å². The Hall–Kier alpha value is -2.98. The first-order chi connectivity index (χ1) is 16.4. The van der Waals surface area contributed by atoms with Gasteiger partial charge in [-0.25, -0.2) is 4.39 Å². The Bertz CT molecular complexity index is 971. The lowest BCUT2D eigenvalue weighted by Crippen LogP contribution is -2.68. The molecule has 188 valence electrons. The second kappa shape index (κ2) is 11.6. The Morgan fingerprint density at radius 1 is 0.771 bits per heavy atom. The maximum Gasteiger partial charge on any atom is 0.457 e. The van der Waals surface area contributed by atoms with Crippen LogP contribution in [0.5, 0.6) is 0 Å². The van der Waals surface area contributed by atoms with Gasteiger partial charge in [0.25, 0.3) is 0 Å². The lowest BCUT2D eigenvalue weighted by atomic mass is 9.89. The summed E-state index contributed by atoms with van der Waals surface area (Å²) in [6.45, 7) is 0.842. The van der Waals surface area contributed by atoms with Crippen LogP contribution >= 0.6 is 0 Å². The van der Waals surface area contributed by atoms with Gasteiger partial charge in [-0.1, -0.05) is 61.5 Å². The van der Waals surface area contributed by atoms with Crippen molar-refractivity contribution in [2.45, 2.75) is 51.9 Å². The first-order valence-corrected chi connectivity index (χ1v) is 11.5. The number of benzene rings is 3. The number of carbonyl (C=O) groups is 1. The number of aliphatic hydroxyl groups is 1. The number of hydrogen-bond acceptors (Lipinski definition) is 3. The molecule has 1 N–H and O–H groups in total. The number of rotatable bonds is 7. The quantitative estimate of drug-likeness (QED) is 0.347. The molecular formula is C25H22F6O3S.